The van der Waals surface area contributed by atoms with Gasteiger partial charge in [-0.2, -0.15) is 0 Å². The maximum atomic E-state index is 12.3. The summed E-state index contributed by atoms with van der Waals surface area (Å²) in [5.74, 6) is -1.75. The van der Waals surface area contributed by atoms with Crippen molar-refractivity contribution in [1.29, 1.82) is 0 Å². The van der Waals surface area contributed by atoms with Gasteiger partial charge in [0.15, 0.2) is 0 Å². The van der Waals surface area contributed by atoms with Crippen LogP contribution in [0.1, 0.15) is 27.7 Å². The molecule has 110 valence electrons. The topological polar surface area (TPSA) is 55.4 Å². The second kappa shape index (κ2) is 6.75. The summed E-state index contributed by atoms with van der Waals surface area (Å²) in [6.07, 6.45) is 0. The van der Waals surface area contributed by atoms with Gasteiger partial charge in [0.1, 0.15) is 5.92 Å². The Balaban J connectivity index is 2.88. The van der Waals surface area contributed by atoms with E-state index in [1.807, 2.05) is 20.8 Å². The van der Waals surface area contributed by atoms with Crippen LogP contribution in [0.2, 0.25) is 5.02 Å². The summed E-state index contributed by atoms with van der Waals surface area (Å²) in [5, 5.41) is 3.30. The maximum Gasteiger partial charge on any atom is 0.319 e. The van der Waals surface area contributed by atoms with Crippen LogP contribution in [0, 0.1) is 11.3 Å². The predicted octanol–water partition coefficient (Wildman–Crippen LogP) is 3.50. The molecule has 4 nitrogen and oxygen atoms in total. The number of anilines is 1. The Hall–Kier alpha value is -1.55. The molecule has 0 saturated heterocycles. The van der Waals surface area contributed by atoms with Crippen LogP contribution in [0.25, 0.3) is 0 Å². The lowest BCUT2D eigenvalue weighted by Gasteiger charge is -2.27. The van der Waals surface area contributed by atoms with Crippen molar-refractivity contribution in [2.24, 2.45) is 11.3 Å². The number of nitrogens with one attached hydrogen (secondary N) is 1. The summed E-state index contributed by atoms with van der Waals surface area (Å²) in [7, 11) is 0. The molecular formula is C15H20ClNO3. The smallest absolute Gasteiger partial charge is 0.319 e. The zero-order valence-electron chi connectivity index (χ0n) is 12.2. The molecule has 0 saturated carbocycles. The van der Waals surface area contributed by atoms with Crippen molar-refractivity contribution in [3.63, 3.8) is 0 Å². The minimum Gasteiger partial charge on any atom is -0.465 e. The molecule has 1 aromatic carbocycles. The third kappa shape index (κ3) is 4.53. The van der Waals surface area contributed by atoms with E-state index in [1.165, 1.54) is 0 Å². The summed E-state index contributed by atoms with van der Waals surface area (Å²) >= 11 is 5.79. The van der Waals surface area contributed by atoms with Gasteiger partial charge >= 0.3 is 5.97 Å². The van der Waals surface area contributed by atoms with Crippen molar-refractivity contribution in [2.45, 2.75) is 27.7 Å². The number of carbonyl (C=O) groups excluding carboxylic acids is 2. The van der Waals surface area contributed by atoms with Gasteiger partial charge in [-0.1, -0.05) is 32.4 Å². The molecule has 0 bridgehead atoms. The molecular weight excluding hydrogens is 278 g/mol. The number of benzene rings is 1. The van der Waals surface area contributed by atoms with Gasteiger partial charge in [0.25, 0.3) is 0 Å². The van der Waals surface area contributed by atoms with Crippen LogP contribution in [0.15, 0.2) is 24.3 Å². The van der Waals surface area contributed by atoms with E-state index >= 15 is 0 Å². The molecule has 0 radical (unpaired) electrons. The predicted molar refractivity (Wildman–Crippen MR) is 79.7 cm³/mol. The molecule has 0 fully saturated rings. The number of esters is 1. The Kier molecular flexibility index (Phi) is 5.57. The van der Waals surface area contributed by atoms with E-state index in [9.17, 15) is 9.59 Å². The lowest BCUT2D eigenvalue weighted by atomic mass is 9.80. The van der Waals surface area contributed by atoms with Crippen molar-refractivity contribution in [2.75, 3.05) is 11.9 Å². The molecule has 0 heterocycles. The van der Waals surface area contributed by atoms with E-state index in [-0.39, 0.29) is 12.5 Å². The van der Waals surface area contributed by atoms with Crippen LogP contribution in [0.5, 0.6) is 0 Å². The quantitative estimate of drug-likeness (QED) is 0.683. The highest BCUT2D eigenvalue weighted by atomic mass is 35.5. The van der Waals surface area contributed by atoms with Crippen LogP contribution in [-0.4, -0.2) is 18.5 Å². The minimum atomic E-state index is -0.863. The van der Waals surface area contributed by atoms with Gasteiger partial charge in [0.05, 0.1) is 6.61 Å². The molecule has 1 N–H and O–H groups in total. The summed E-state index contributed by atoms with van der Waals surface area (Å²) in [5.41, 5.74) is 0.0703. The molecule has 0 aliphatic rings. The SMILES string of the molecule is CCOC(=O)C(C(=O)Nc1ccc(Cl)cc1)C(C)(C)C. The van der Waals surface area contributed by atoms with Gasteiger partial charge in [-0.3, -0.25) is 9.59 Å². The largest absolute Gasteiger partial charge is 0.465 e. The fourth-order valence-corrected chi connectivity index (χ4v) is 1.95. The molecule has 20 heavy (non-hydrogen) atoms. The number of rotatable bonds is 4. The van der Waals surface area contributed by atoms with Crippen LogP contribution < -0.4 is 5.32 Å². The summed E-state index contributed by atoms with van der Waals surface area (Å²) in [6.45, 7) is 7.45. The molecule has 0 aromatic heterocycles. The second-order valence-corrected chi connectivity index (χ2v) is 5.98. The van der Waals surface area contributed by atoms with Crippen LogP contribution in [0.3, 0.4) is 0 Å². The molecule has 0 aliphatic carbocycles. The molecule has 1 unspecified atom stereocenters. The van der Waals surface area contributed by atoms with E-state index in [2.05, 4.69) is 5.32 Å². The Bertz CT molecular complexity index is 477. The monoisotopic (exact) mass is 297 g/mol. The minimum absolute atomic E-state index is 0.250. The molecule has 1 amide bonds. The first-order chi connectivity index (χ1) is 9.25. The van der Waals surface area contributed by atoms with Crippen LogP contribution in [0.4, 0.5) is 5.69 Å². The molecule has 0 spiro atoms. The number of hydrogen-bond acceptors (Lipinski definition) is 3. The normalized spacial score (nSPS) is 12.7. The van der Waals surface area contributed by atoms with E-state index < -0.39 is 17.3 Å². The summed E-state index contributed by atoms with van der Waals surface area (Å²) in [6, 6.07) is 6.72. The second-order valence-electron chi connectivity index (χ2n) is 5.55. The Morgan fingerprint density at radius 2 is 1.80 bits per heavy atom. The zero-order chi connectivity index (χ0) is 15.3. The third-order valence-electron chi connectivity index (χ3n) is 2.76. The van der Waals surface area contributed by atoms with E-state index in [0.29, 0.717) is 10.7 Å². The van der Waals surface area contributed by atoms with Gasteiger partial charge in [-0.25, -0.2) is 0 Å². The van der Waals surface area contributed by atoms with Crippen molar-refractivity contribution in [3.8, 4) is 0 Å². The first kappa shape index (κ1) is 16.5. The average Bonchev–Trinajstić information content (AvgIpc) is 2.30. The third-order valence-corrected chi connectivity index (χ3v) is 3.01. The Labute approximate surface area is 124 Å². The number of carbonyl (C=O) groups is 2. The lowest BCUT2D eigenvalue weighted by Crippen LogP contribution is -2.40. The highest BCUT2D eigenvalue weighted by Crippen LogP contribution is 2.28. The van der Waals surface area contributed by atoms with Gasteiger partial charge in [0, 0.05) is 10.7 Å². The fraction of sp³-hybridized carbons (Fsp3) is 0.467. The van der Waals surface area contributed by atoms with Crippen molar-refractivity contribution in [3.05, 3.63) is 29.3 Å². The Morgan fingerprint density at radius 1 is 1.25 bits per heavy atom. The maximum absolute atomic E-state index is 12.3. The number of amides is 1. The van der Waals surface area contributed by atoms with E-state index in [4.69, 9.17) is 16.3 Å². The highest BCUT2D eigenvalue weighted by Gasteiger charge is 2.38. The number of ether oxygens (including phenoxy) is 1. The highest BCUT2D eigenvalue weighted by molar-refractivity contribution is 6.30. The van der Waals surface area contributed by atoms with Gasteiger partial charge in [-0.15, -0.1) is 0 Å². The molecule has 1 rings (SSSR count). The standard InChI is InChI=1S/C15H20ClNO3/c1-5-20-14(19)12(15(2,3)4)13(18)17-11-8-6-10(16)7-9-11/h6-9,12H,5H2,1-4H3,(H,17,18). The number of halogens is 1. The van der Waals surface area contributed by atoms with Crippen LogP contribution >= 0.6 is 11.6 Å². The van der Waals surface area contributed by atoms with E-state index in [1.54, 1.807) is 31.2 Å². The summed E-state index contributed by atoms with van der Waals surface area (Å²) < 4.78 is 4.99. The van der Waals surface area contributed by atoms with E-state index in [0.717, 1.165) is 0 Å². The van der Waals surface area contributed by atoms with Crippen molar-refractivity contribution in [1.82, 2.24) is 0 Å². The van der Waals surface area contributed by atoms with Crippen molar-refractivity contribution < 1.29 is 14.3 Å². The average molecular weight is 298 g/mol. The zero-order valence-corrected chi connectivity index (χ0v) is 13.0. The van der Waals surface area contributed by atoms with Gasteiger partial charge in [0.2, 0.25) is 5.91 Å². The van der Waals surface area contributed by atoms with Gasteiger partial charge in [-0.05, 0) is 36.6 Å². The first-order valence-electron chi connectivity index (χ1n) is 6.48. The fourth-order valence-electron chi connectivity index (χ4n) is 1.83. The van der Waals surface area contributed by atoms with Gasteiger partial charge < -0.3 is 10.1 Å². The van der Waals surface area contributed by atoms with Crippen molar-refractivity contribution >= 4 is 29.2 Å². The van der Waals surface area contributed by atoms with Crippen LogP contribution in [-0.2, 0) is 14.3 Å². The molecule has 1 aromatic rings. The Morgan fingerprint density at radius 3 is 2.25 bits per heavy atom. The first-order valence-corrected chi connectivity index (χ1v) is 6.86. The molecule has 1 atom stereocenters. The summed E-state index contributed by atoms with van der Waals surface area (Å²) in [4.78, 5) is 24.3. The molecule has 5 heteroatoms. The number of hydrogen-bond donors (Lipinski definition) is 1. The molecule has 0 aliphatic heterocycles. The lowest BCUT2D eigenvalue weighted by molar-refractivity contribution is -0.155.